The van der Waals surface area contributed by atoms with E-state index in [0.29, 0.717) is 22.7 Å². The van der Waals surface area contributed by atoms with Crippen LogP contribution in [0.5, 0.6) is 0 Å². The fraction of sp³-hybridized carbons (Fsp3) is 0.0417. The molecule has 0 heterocycles. The number of sulfonamides is 1. The zero-order chi connectivity index (χ0) is 24.1. The summed E-state index contributed by atoms with van der Waals surface area (Å²) in [7, 11) is -4.09. The lowest BCUT2D eigenvalue weighted by atomic mass is 10.1. The van der Waals surface area contributed by atoms with E-state index in [4.69, 9.17) is 11.6 Å². The summed E-state index contributed by atoms with van der Waals surface area (Å²) in [6.45, 7) is 0. The number of hydrogen-bond acceptors (Lipinski definition) is 3. The van der Waals surface area contributed by atoms with E-state index in [1.165, 1.54) is 30.3 Å². The van der Waals surface area contributed by atoms with Gasteiger partial charge in [0.15, 0.2) is 5.78 Å². The Morgan fingerprint density at radius 3 is 2.03 bits per heavy atom. The monoisotopic (exact) mass is 491 g/mol. The van der Waals surface area contributed by atoms with Crippen LogP contribution in [-0.4, -0.2) is 14.2 Å². The molecule has 0 radical (unpaired) electrons. The average Bonchev–Trinajstić information content (AvgIpc) is 2.77. The lowest BCUT2D eigenvalue weighted by Gasteiger charge is -2.10. The molecule has 170 valence electrons. The lowest BCUT2D eigenvalue weighted by molar-refractivity contribution is -0.137. The van der Waals surface area contributed by atoms with E-state index in [-0.39, 0.29) is 16.4 Å². The van der Waals surface area contributed by atoms with Crippen LogP contribution in [0, 0.1) is 0 Å². The van der Waals surface area contributed by atoms with Gasteiger partial charge >= 0.3 is 6.18 Å². The lowest BCUT2D eigenvalue weighted by Crippen LogP contribution is -2.13. The van der Waals surface area contributed by atoms with Gasteiger partial charge in [0.05, 0.1) is 10.5 Å². The zero-order valence-corrected chi connectivity index (χ0v) is 18.5. The molecular formula is C24H17ClF3NO3S. The van der Waals surface area contributed by atoms with E-state index in [1.54, 1.807) is 30.4 Å². The first-order valence-corrected chi connectivity index (χ1v) is 11.4. The van der Waals surface area contributed by atoms with Crippen molar-refractivity contribution in [2.24, 2.45) is 0 Å². The standard InChI is InChI=1S/C24H17ClF3NO3S/c25-20-11-5-17(6-12-20)3-1-2-4-23(30)18-7-13-21(14-8-18)29-33(31,32)22-15-9-19(10-16-22)24(26,27)28/h1-16,29H/b3-1+,4-2+. The number of allylic oxidation sites excluding steroid dienone is 3. The normalized spacial score (nSPS) is 12.4. The van der Waals surface area contributed by atoms with Gasteiger partial charge in [-0.1, -0.05) is 42.0 Å². The summed E-state index contributed by atoms with van der Waals surface area (Å²) in [5.41, 5.74) is 0.475. The molecule has 0 saturated carbocycles. The van der Waals surface area contributed by atoms with Crippen LogP contribution < -0.4 is 4.72 Å². The van der Waals surface area contributed by atoms with Crippen molar-refractivity contribution in [3.05, 3.63) is 113 Å². The third-order valence-electron chi connectivity index (χ3n) is 4.43. The Morgan fingerprint density at radius 1 is 0.848 bits per heavy atom. The van der Waals surface area contributed by atoms with Crippen molar-refractivity contribution in [1.29, 1.82) is 0 Å². The van der Waals surface area contributed by atoms with Crippen molar-refractivity contribution in [3.63, 3.8) is 0 Å². The maximum Gasteiger partial charge on any atom is 0.416 e. The minimum atomic E-state index is -4.56. The van der Waals surface area contributed by atoms with Gasteiger partial charge in [-0.15, -0.1) is 0 Å². The first kappa shape index (κ1) is 24.3. The number of benzene rings is 3. The van der Waals surface area contributed by atoms with Gasteiger partial charge in [0.1, 0.15) is 0 Å². The Morgan fingerprint density at radius 2 is 1.45 bits per heavy atom. The highest BCUT2D eigenvalue weighted by Crippen LogP contribution is 2.30. The number of alkyl halides is 3. The SMILES string of the molecule is O=C(/C=C/C=C/c1ccc(Cl)cc1)c1ccc(NS(=O)(=O)c2ccc(C(F)(F)F)cc2)cc1. The molecule has 0 aliphatic carbocycles. The Bertz CT molecular complexity index is 1280. The highest BCUT2D eigenvalue weighted by molar-refractivity contribution is 7.92. The van der Waals surface area contributed by atoms with E-state index in [9.17, 15) is 26.4 Å². The average molecular weight is 492 g/mol. The molecule has 0 aromatic heterocycles. The molecule has 0 fully saturated rings. The molecule has 1 N–H and O–H groups in total. The molecule has 0 unspecified atom stereocenters. The first-order valence-electron chi connectivity index (χ1n) is 9.49. The van der Waals surface area contributed by atoms with E-state index in [2.05, 4.69) is 4.72 Å². The molecule has 9 heteroatoms. The number of halogens is 4. The van der Waals surface area contributed by atoms with Crippen molar-refractivity contribution in [2.45, 2.75) is 11.1 Å². The Hall–Kier alpha value is -3.36. The molecule has 0 bridgehead atoms. The van der Waals surface area contributed by atoms with Crippen LogP contribution >= 0.6 is 11.6 Å². The smallest absolute Gasteiger partial charge is 0.289 e. The summed E-state index contributed by atoms with van der Waals surface area (Å²) in [4.78, 5) is 11.9. The molecule has 33 heavy (non-hydrogen) atoms. The van der Waals surface area contributed by atoms with E-state index >= 15 is 0 Å². The van der Waals surface area contributed by atoms with Gasteiger partial charge in [-0.2, -0.15) is 13.2 Å². The number of anilines is 1. The summed E-state index contributed by atoms with van der Waals surface area (Å²) in [5.74, 6) is -0.284. The second kappa shape index (κ2) is 10.1. The van der Waals surface area contributed by atoms with Gasteiger partial charge in [0.2, 0.25) is 0 Å². The van der Waals surface area contributed by atoms with Gasteiger partial charge in [-0.05, 0) is 72.3 Å². The summed E-state index contributed by atoms with van der Waals surface area (Å²) in [6, 6.07) is 16.0. The summed E-state index contributed by atoms with van der Waals surface area (Å²) >= 11 is 5.82. The molecule has 4 nitrogen and oxygen atoms in total. The molecule has 0 amide bonds. The van der Waals surface area contributed by atoms with E-state index < -0.39 is 21.8 Å². The van der Waals surface area contributed by atoms with Gasteiger partial charge in [-0.3, -0.25) is 9.52 Å². The summed E-state index contributed by atoms with van der Waals surface area (Å²) in [5, 5.41) is 0.628. The minimum absolute atomic E-state index is 0.165. The zero-order valence-electron chi connectivity index (χ0n) is 16.9. The maximum absolute atomic E-state index is 12.6. The maximum atomic E-state index is 12.6. The van der Waals surface area contributed by atoms with Crippen LogP contribution in [0.4, 0.5) is 18.9 Å². The molecule has 0 spiro atoms. The van der Waals surface area contributed by atoms with Crippen molar-refractivity contribution in [1.82, 2.24) is 0 Å². The fourth-order valence-corrected chi connectivity index (χ4v) is 3.90. The second-order valence-electron chi connectivity index (χ2n) is 6.84. The fourth-order valence-electron chi connectivity index (χ4n) is 2.72. The molecule has 0 aliphatic rings. The highest BCUT2D eigenvalue weighted by Gasteiger charge is 2.30. The largest absolute Gasteiger partial charge is 0.416 e. The number of hydrogen-bond donors (Lipinski definition) is 1. The van der Waals surface area contributed by atoms with E-state index in [0.717, 1.165) is 17.7 Å². The number of carbonyl (C=O) groups excluding carboxylic acids is 1. The van der Waals surface area contributed by atoms with Crippen molar-refractivity contribution in [2.75, 3.05) is 4.72 Å². The number of nitrogens with one attached hydrogen (secondary N) is 1. The van der Waals surface area contributed by atoms with Gasteiger partial charge in [0.25, 0.3) is 10.0 Å². The van der Waals surface area contributed by atoms with Crippen LogP contribution in [0.15, 0.2) is 95.9 Å². The van der Waals surface area contributed by atoms with Crippen LogP contribution in [0.1, 0.15) is 21.5 Å². The van der Waals surface area contributed by atoms with Gasteiger partial charge < -0.3 is 0 Å². The van der Waals surface area contributed by atoms with Crippen molar-refractivity contribution in [3.8, 4) is 0 Å². The first-order chi connectivity index (χ1) is 15.5. The third-order valence-corrected chi connectivity index (χ3v) is 6.08. The predicted octanol–water partition coefficient (Wildman–Crippen LogP) is 6.61. The van der Waals surface area contributed by atoms with Crippen LogP contribution in [0.3, 0.4) is 0 Å². The van der Waals surface area contributed by atoms with Crippen molar-refractivity contribution >= 4 is 39.2 Å². The summed E-state index contributed by atoms with van der Waals surface area (Å²) < 4.78 is 65.0. The van der Waals surface area contributed by atoms with Crippen LogP contribution in [0.2, 0.25) is 5.02 Å². The molecule has 3 aromatic rings. The minimum Gasteiger partial charge on any atom is -0.289 e. The highest BCUT2D eigenvalue weighted by atomic mass is 35.5. The van der Waals surface area contributed by atoms with Crippen LogP contribution in [0.25, 0.3) is 6.08 Å². The summed E-state index contributed by atoms with van der Waals surface area (Å²) in [6.07, 6.45) is 1.90. The molecule has 3 aromatic carbocycles. The predicted molar refractivity (Wildman–Crippen MR) is 123 cm³/mol. The van der Waals surface area contributed by atoms with Gasteiger partial charge in [0, 0.05) is 16.3 Å². The number of carbonyl (C=O) groups is 1. The number of rotatable bonds is 7. The van der Waals surface area contributed by atoms with Gasteiger partial charge in [-0.25, -0.2) is 8.42 Å². The Balaban J connectivity index is 1.63. The van der Waals surface area contributed by atoms with E-state index in [1.807, 2.05) is 12.1 Å². The number of ketones is 1. The molecular weight excluding hydrogens is 475 g/mol. The quantitative estimate of drug-likeness (QED) is 0.230. The van der Waals surface area contributed by atoms with Crippen molar-refractivity contribution < 1.29 is 26.4 Å². The Kier molecular flexibility index (Phi) is 7.40. The Labute approximate surface area is 194 Å². The molecule has 3 rings (SSSR count). The van der Waals surface area contributed by atoms with Crippen LogP contribution in [-0.2, 0) is 16.2 Å². The third kappa shape index (κ3) is 6.81. The molecule has 0 atom stereocenters. The second-order valence-corrected chi connectivity index (χ2v) is 8.96. The topological polar surface area (TPSA) is 63.2 Å². The molecule has 0 saturated heterocycles. The molecule has 0 aliphatic heterocycles.